The van der Waals surface area contributed by atoms with Crippen molar-refractivity contribution in [1.82, 2.24) is 10.2 Å². The van der Waals surface area contributed by atoms with E-state index in [0.717, 1.165) is 32.8 Å². The molecule has 1 aliphatic heterocycles. The van der Waals surface area contributed by atoms with E-state index in [-0.39, 0.29) is 5.97 Å². The highest BCUT2D eigenvalue weighted by atomic mass is 16.6. The molecular formula is C14H28N2O3. The molecular weight excluding hydrogens is 244 g/mol. The Balaban J connectivity index is 2.09. The summed E-state index contributed by atoms with van der Waals surface area (Å²) in [6.07, 6.45) is 0.421. The van der Waals surface area contributed by atoms with Crippen LogP contribution in [0.15, 0.2) is 0 Å². The summed E-state index contributed by atoms with van der Waals surface area (Å²) in [7, 11) is 0. The molecule has 19 heavy (non-hydrogen) atoms. The minimum absolute atomic E-state index is 0.140. The lowest BCUT2D eigenvalue weighted by Crippen LogP contribution is -2.44. The van der Waals surface area contributed by atoms with Crippen molar-refractivity contribution in [2.24, 2.45) is 0 Å². The summed E-state index contributed by atoms with van der Waals surface area (Å²) >= 11 is 0. The number of rotatable bonds is 6. The topological polar surface area (TPSA) is 50.8 Å². The lowest BCUT2D eigenvalue weighted by atomic mass is 10.2. The molecule has 1 rings (SSSR count). The highest BCUT2D eigenvalue weighted by Gasteiger charge is 2.17. The molecule has 112 valence electrons. The van der Waals surface area contributed by atoms with Crippen LogP contribution in [-0.2, 0) is 14.3 Å². The summed E-state index contributed by atoms with van der Waals surface area (Å²) in [6, 6.07) is 0.375. The quantitative estimate of drug-likeness (QED) is 0.732. The van der Waals surface area contributed by atoms with Crippen LogP contribution in [0.4, 0.5) is 0 Å². The van der Waals surface area contributed by atoms with Gasteiger partial charge in [0.25, 0.3) is 0 Å². The zero-order valence-corrected chi connectivity index (χ0v) is 12.7. The maximum absolute atomic E-state index is 11.5. The van der Waals surface area contributed by atoms with Crippen molar-refractivity contribution in [3.05, 3.63) is 0 Å². The average Bonchev–Trinajstić information content (AvgIpc) is 2.27. The molecule has 1 aliphatic rings. The number of hydrogen-bond donors (Lipinski definition) is 1. The van der Waals surface area contributed by atoms with E-state index >= 15 is 0 Å². The third-order valence-corrected chi connectivity index (χ3v) is 2.88. The number of nitrogens with zero attached hydrogens (tertiary/aromatic N) is 1. The predicted molar refractivity (Wildman–Crippen MR) is 75.2 cm³/mol. The molecule has 0 bridgehead atoms. The molecule has 0 aliphatic carbocycles. The van der Waals surface area contributed by atoms with E-state index in [1.165, 1.54) is 0 Å². The largest absolute Gasteiger partial charge is 0.460 e. The molecule has 0 aromatic carbocycles. The van der Waals surface area contributed by atoms with Gasteiger partial charge in [-0.05, 0) is 27.7 Å². The Bertz CT molecular complexity index is 270. The summed E-state index contributed by atoms with van der Waals surface area (Å²) in [5, 5.41) is 3.36. The molecule has 0 aromatic heterocycles. The molecule has 0 spiro atoms. The van der Waals surface area contributed by atoms with Crippen LogP contribution in [0.1, 0.15) is 34.1 Å². The lowest BCUT2D eigenvalue weighted by Gasteiger charge is -2.29. The summed E-state index contributed by atoms with van der Waals surface area (Å²) in [6.45, 7) is 13.1. The fourth-order valence-corrected chi connectivity index (χ4v) is 2.05. The van der Waals surface area contributed by atoms with Crippen LogP contribution in [0.25, 0.3) is 0 Å². The standard InChI is InChI=1S/C14H28N2O3/c1-12(11-16-7-9-18-10-8-16)15-6-5-13(17)19-14(2,3)4/h12,15H,5-11H2,1-4H3. The number of carbonyl (C=O) groups excluding carboxylic acids is 1. The Morgan fingerprint density at radius 1 is 1.37 bits per heavy atom. The van der Waals surface area contributed by atoms with Gasteiger partial charge in [-0.25, -0.2) is 0 Å². The van der Waals surface area contributed by atoms with E-state index in [1.807, 2.05) is 20.8 Å². The van der Waals surface area contributed by atoms with Gasteiger partial charge in [0, 0.05) is 32.2 Å². The normalized spacial score (nSPS) is 19.2. The first-order valence-corrected chi connectivity index (χ1v) is 7.12. The molecule has 0 radical (unpaired) electrons. The highest BCUT2D eigenvalue weighted by molar-refractivity contribution is 5.70. The van der Waals surface area contributed by atoms with Gasteiger partial charge in [0.15, 0.2) is 0 Å². The van der Waals surface area contributed by atoms with Crippen LogP contribution in [0.2, 0.25) is 0 Å². The van der Waals surface area contributed by atoms with Crippen LogP contribution < -0.4 is 5.32 Å². The van der Waals surface area contributed by atoms with E-state index in [0.29, 0.717) is 19.0 Å². The van der Waals surface area contributed by atoms with Crippen molar-refractivity contribution >= 4 is 5.97 Å². The lowest BCUT2D eigenvalue weighted by molar-refractivity contribution is -0.154. The van der Waals surface area contributed by atoms with Gasteiger partial charge >= 0.3 is 5.97 Å². The Morgan fingerprint density at radius 3 is 2.58 bits per heavy atom. The zero-order valence-electron chi connectivity index (χ0n) is 12.7. The van der Waals surface area contributed by atoms with Crippen LogP contribution in [0.5, 0.6) is 0 Å². The maximum Gasteiger partial charge on any atom is 0.307 e. The molecule has 0 aromatic rings. The number of ether oxygens (including phenoxy) is 2. The van der Waals surface area contributed by atoms with E-state index in [9.17, 15) is 4.79 Å². The van der Waals surface area contributed by atoms with Gasteiger partial charge in [-0.1, -0.05) is 0 Å². The molecule has 1 atom stereocenters. The molecule has 1 heterocycles. The third kappa shape index (κ3) is 8.18. The molecule has 1 saturated heterocycles. The summed E-state index contributed by atoms with van der Waals surface area (Å²) in [5.74, 6) is -0.140. The van der Waals surface area contributed by atoms with Crippen LogP contribution in [0.3, 0.4) is 0 Å². The van der Waals surface area contributed by atoms with Gasteiger partial charge in [0.05, 0.1) is 19.6 Å². The van der Waals surface area contributed by atoms with E-state index in [4.69, 9.17) is 9.47 Å². The van der Waals surface area contributed by atoms with E-state index in [1.54, 1.807) is 0 Å². The smallest absolute Gasteiger partial charge is 0.307 e. The molecule has 1 N–H and O–H groups in total. The first-order valence-electron chi connectivity index (χ1n) is 7.12. The molecule has 0 amide bonds. The van der Waals surface area contributed by atoms with Gasteiger partial charge in [0.2, 0.25) is 0 Å². The summed E-state index contributed by atoms with van der Waals surface area (Å²) in [4.78, 5) is 13.9. The van der Waals surface area contributed by atoms with Crippen molar-refractivity contribution in [3.63, 3.8) is 0 Å². The second-order valence-electron chi connectivity index (χ2n) is 6.10. The van der Waals surface area contributed by atoms with Gasteiger partial charge in [-0.15, -0.1) is 0 Å². The van der Waals surface area contributed by atoms with Crippen molar-refractivity contribution in [2.45, 2.75) is 45.8 Å². The van der Waals surface area contributed by atoms with E-state index < -0.39 is 5.60 Å². The number of carbonyl (C=O) groups is 1. The molecule has 5 nitrogen and oxygen atoms in total. The van der Waals surface area contributed by atoms with E-state index in [2.05, 4.69) is 17.1 Å². The Hall–Kier alpha value is -0.650. The first-order chi connectivity index (χ1) is 8.87. The Kier molecular flexibility index (Phi) is 6.75. The monoisotopic (exact) mass is 272 g/mol. The number of morpholine rings is 1. The van der Waals surface area contributed by atoms with Crippen LogP contribution in [-0.4, -0.2) is 61.9 Å². The molecule has 1 fully saturated rings. The summed E-state index contributed by atoms with van der Waals surface area (Å²) in [5.41, 5.74) is -0.392. The van der Waals surface area contributed by atoms with Gasteiger partial charge < -0.3 is 14.8 Å². The average molecular weight is 272 g/mol. The minimum Gasteiger partial charge on any atom is -0.460 e. The molecule has 5 heteroatoms. The van der Waals surface area contributed by atoms with Gasteiger partial charge in [0.1, 0.15) is 5.60 Å². The molecule has 1 unspecified atom stereocenters. The highest BCUT2D eigenvalue weighted by Crippen LogP contribution is 2.07. The first kappa shape index (κ1) is 16.4. The number of esters is 1. The van der Waals surface area contributed by atoms with Crippen LogP contribution in [0, 0.1) is 0 Å². The zero-order chi connectivity index (χ0) is 14.3. The fourth-order valence-electron chi connectivity index (χ4n) is 2.05. The van der Waals surface area contributed by atoms with Crippen molar-refractivity contribution in [3.8, 4) is 0 Å². The third-order valence-electron chi connectivity index (χ3n) is 2.88. The Labute approximate surface area is 116 Å². The maximum atomic E-state index is 11.5. The van der Waals surface area contributed by atoms with Crippen molar-refractivity contribution in [2.75, 3.05) is 39.4 Å². The van der Waals surface area contributed by atoms with Gasteiger partial charge in [-0.3, -0.25) is 9.69 Å². The van der Waals surface area contributed by atoms with Crippen LogP contribution >= 0.6 is 0 Å². The summed E-state index contributed by atoms with van der Waals surface area (Å²) < 4.78 is 10.6. The number of nitrogens with one attached hydrogen (secondary N) is 1. The minimum atomic E-state index is -0.392. The van der Waals surface area contributed by atoms with Crippen molar-refractivity contribution < 1.29 is 14.3 Å². The fraction of sp³-hybridized carbons (Fsp3) is 0.929. The second-order valence-corrected chi connectivity index (χ2v) is 6.10. The Morgan fingerprint density at radius 2 is 2.00 bits per heavy atom. The predicted octanol–water partition coefficient (Wildman–Crippen LogP) is 1.03. The number of hydrogen-bond acceptors (Lipinski definition) is 5. The molecule has 0 saturated carbocycles. The van der Waals surface area contributed by atoms with Gasteiger partial charge in [-0.2, -0.15) is 0 Å². The SMILES string of the molecule is CC(CN1CCOCC1)NCCC(=O)OC(C)(C)C. The van der Waals surface area contributed by atoms with Crippen molar-refractivity contribution in [1.29, 1.82) is 0 Å². The second kappa shape index (κ2) is 7.82.